The summed E-state index contributed by atoms with van der Waals surface area (Å²) < 4.78 is 13.2. The maximum Gasteiger partial charge on any atom is 0.166 e. The minimum Gasteiger partial charge on any atom is -0.352 e. The maximum absolute atomic E-state index is 13.2. The first kappa shape index (κ1) is 13.6. The lowest BCUT2D eigenvalue weighted by Crippen LogP contribution is -1.90. The molecule has 0 aliphatic rings. The lowest BCUT2D eigenvalue weighted by molar-refractivity contribution is 0.112. The van der Waals surface area contributed by atoms with E-state index in [-0.39, 0.29) is 5.82 Å². The van der Waals surface area contributed by atoms with E-state index in [9.17, 15) is 9.18 Å². The summed E-state index contributed by atoms with van der Waals surface area (Å²) in [6, 6.07) is 12.3. The van der Waals surface area contributed by atoms with Crippen LogP contribution in [0.5, 0.6) is 0 Å². The molecule has 0 saturated carbocycles. The molecule has 0 fully saturated rings. The SMILES string of the molecule is CC(C)c1cccc2[nH]c(C=O)c(-c3ccc(F)cc3)c12. The van der Waals surface area contributed by atoms with Crippen LogP contribution in [0.25, 0.3) is 22.0 Å². The second-order valence-electron chi connectivity index (χ2n) is 5.46. The van der Waals surface area contributed by atoms with E-state index in [2.05, 4.69) is 24.9 Å². The topological polar surface area (TPSA) is 32.9 Å². The maximum atomic E-state index is 13.2. The van der Waals surface area contributed by atoms with Crippen molar-refractivity contribution in [3.8, 4) is 11.1 Å². The molecule has 3 rings (SSSR count). The van der Waals surface area contributed by atoms with E-state index in [1.807, 2.05) is 12.1 Å². The summed E-state index contributed by atoms with van der Waals surface area (Å²) >= 11 is 0. The number of nitrogens with one attached hydrogen (secondary N) is 1. The second kappa shape index (κ2) is 5.17. The van der Waals surface area contributed by atoms with Gasteiger partial charge in [0.15, 0.2) is 6.29 Å². The molecule has 1 heterocycles. The number of aldehydes is 1. The van der Waals surface area contributed by atoms with Gasteiger partial charge in [0.2, 0.25) is 0 Å². The number of hydrogen-bond donors (Lipinski definition) is 1. The number of H-pyrrole nitrogens is 1. The third-order valence-electron chi connectivity index (χ3n) is 3.76. The van der Waals surface area contributed by atoms with Crippen molar-refractivity contribution in [1.29, 1.82) is 0 Å². The number of benzene rings is 2. The van der Waals surface area contributed by atoms with Crippen LogP contribution < -0.4 is 0 Å². The Bertz CT molecular complexity index is 800. The Morgan fingerprint density at radius 1 is 1.10 bits per heavy atom. The summed E-state index contributed by atoms with van der Waals surface area (Å²) in [5.74, 6) is 0.0542. The van der Waals surface area contributed by atoms with Gasteiger partial charge in [0, 0.05) is 16.5 Å². The number of carbonyl (C=O) groups is 1. The fourth-order valence-corrected chi connectivity index (χ4v) is 2.78. The Morgan fingerprint density at radius 3 is 2.43 bits per heavy atom. The smallest absolute Gasteiger partial charge is 0.166 e. The van der Waals surface area contributed by atoms with E-state index in [4.69, 9.17) is 0 Å². The van der Waals surface area contributed by atoms with Crippen molar-refractivity contribution >= 4 is 17.2 Å². The molecule has 3 aromatic rings. The number of aromatic amines is 1. The highest BCUT2D eigenvalue weighted by Crippen LogP contribution is 2.36. The summed E-state index contributed by atoms with van der Waals surface area (Å²) in [4.78, 5) is 14.6. The largest absolute Gasteiger partial charge is 0.352 e. The summed E-state index contributed by atoms with van der Waals surface area (Å²) in [5.41, 5.74) is 4.34. The number of halogens is 1. The van der Waals surface area contributed by atoms with Gasteiger partial charge >= 0.3 is 0 Å². The Hall–Kier alpha value is -2.42. The van der Waals surface area contributed by atoms with Gasteiger partial charge < -0.3 is 4.98 Å². The third kappa shape index (κ3) is 2.25. The van der Waals surface area contributed by atoms with Gasteiger partial charge in [-0.2, -0.15) is 0 Å². The van der Waals surface area contributed by atoms with Crippen LogP contribution in [0.3, 0.4) is 0 Å². The van der Waals surface area contributed by atoms with Gasteiger partial charge in [-0.1, -0.05) is 38.1 Å². The van der Waals surface area contributed by atoms with Crippen LogP contribution in [0.2, 0.25) is 0 Å². The standard InChI is InChI=1S/C18H16FNO/c1-11(2)14-4-3-5-15-18(14)17(16(10-21)20-15)12-6-8-13(19)9-7-12/h3-11,20H,1-2H3. The van der Waals surface area contributed by atoms with Gasteiger partial charge in [0.1, 0.15) is 5.82 Å². The quantitative estimate of drug-likeness (QED) is 0.680. The molecule has 0 aliphatic heterocycles. The molecule has 0 bridgehead atoms. The molecule has 1 N–H and O–H groups in total. The van der Waals surface area contributed by atoms with E-state index in [0.717, 1.165) is 28.3 Å². The van der Waals surface area contributed by atoms with E-state index in [0.29, 0.717) is 11.6 Å². The van der Waals surface area contributed by atoms with Crippen LogP contribution in [0.1, 0.15) is 35.8 Å². The number of fused-ring (bicyclic) bond motifs is 1. The highest BCUT2D eigenvalue weighted by Gasteiger charge is 2.17. The van der Waals surface area contributed by atoms with E-state index in [1.165, 1.54) is 17.7 Å². The van der Waals surface area contributed by atoms with Gasteiger partial charge in [-0.15, -0.1) is 0 Å². The van der Waals surface area contributed by atoms with Crippen molar-refractivity contribution < 1.29 is 9.18 Å². The zero-order valence-corrected chi connectivity index (χ0v) is 12.0. The minimum atomic E-state index is -0.282. The van der Waals surface area contributed by atoms with Crippen LogP contribution in [-0.4, -0.2) is 11.3 Å². The molecule has 0 unspecified atom stereocenters. The van der Waals surface area contributed by atoms with E-state index >= 15 is 0 Å². The molecule has 0 spiro atoms. The fourth-order valence-electron chi connectivity index (χ4n) is 2.78. The Morgan fingerprint density at radius 2 is 1.81 bits per heavy atom. The molecule has 3 heteroatoms. The third-order valence-corrected chi connectivity index (χ3v) is 3.76. The lowest BCUT2D eigenvalue weighted by Gasteiger charge is -2.10. The molecule has 2 aromatic carbocycles. The van der Waals surface area contributed by atoms with Crippen molar-refractivity contribution in [2.45, 2.75) is 19.8 Å². The first-order valence-electron chi connectivity index (χ1n) is 6.97. The minimum absolute atomic E-state index is 0.282. The Labute approximate surface area is 122 Å². The van der Waals surface area contributed by atoms with Crippen molar-refractivity contribution in [1.82, 2.24) is 4.98 Å². The van der Waals surface area contributed by atoms with Crippen molar-refractivity contribution in [3.63, 3.8) is 0 Å². The normalized spacial score (nSPS) is 11.2. The molecule has 0 atom stereocenters. The van der Waals surface area contributed by atoms with Crippen molar-refractivity contribution in [2.24, 2.45) is 0 Å². The molecular formula is C18H16FNO. The molecule has 21 heavy (non-hydrogen) atoms. The van der Waals surface area contributed by atoms with Gasteiger partial charge in [-0.3, -0.25) is 4.79 Å². The highest BCUT2D eigenvalue weighted by atomic mass is 19.1. The monoisotopic (exact) mass is 281 g/mol. The van der Waals surface area contributed by atoms with E-state index < -0.39 is 0 Å². The van der Waals surface area contributed by atoms with Gasteiger partial charge in [0.25, 0.3) is 0 Å². The first-order valence-corrected chi connectivity index (χ1v) is 6.97. The van der Waals surface area contributed by atoms with Gasteiger partial charge in [-0.25, -0.2) is 4.39 Å². The summed E-state index contributed by atoms with van der Waals surface area (Å²) in [6.45, 7) is 4.24. The van der Waals surface area contributed by atoms with Gasteiger partial charge in [0.05, 0.1) is 5.69 Å². The fraction of sp³-hybridized carbons (Fsp3) is 0.167. The average molecular weight is 281 g/mol. The molecule has 2 nitrogen and oxygen atoms in total. The summed E-state index contributed by atoms with van der Waals surface area (Å²) in [6.07, 6.45) is 0.822. The van der Waals surface area contributed by atoms with Crippen molar-refractivity contribution in [2.75, 3.05) is 0 Å². The Balaban J connectivity index is 2.38. The van der Waals surface area contributed by atoms with Crippen molar-refractivity contribution in [3.05, 3.63) is 59.5 Å². The molecule has 106 valence electrons. The van der Waals surface area contributed by atoms with Crippen LogP contribution in [0.15, 0.2) is 42.5 Å². The molecule has 0 aliphatic carbocycles. The number of aromatic nitrogens is 1. The van der Waals surface area contributed by atoms with Crippen LogP contribution in [0, 0.1) is 5.82 Å². The molecule has 0 saturated heterocycles. The first-order chi connectivity index (χ1) is 10.1. The highest BCUT2D eigenvalue weighted by molar-refractivity contribution is 6.05. The number of carbonyl (C=O) groups excluding carboxylic acids is 1. The summed E-state index contributed by atoms with van der Waals surface area (Å²) in [5, 5.41) is 1.04. The predicted octanol–water partition coefficient (Wildman–Crippen LogP) is 4.91. The van der Waals surface area contributed by atoms with E-state index in [1.54, 1.807) is 12.1 Å². The zero-order valence-electron chi connectivity index (χ0n) is 12.0. The average Bonchev–Trinajstić information content (AvgIpc) is 2.86. The predicted molar refractivity (Wildman–Crippen MR) is 83.2 cm³/mol. The van der Waals surface area contributed by atoms with Crippen LogP contribution >= 0.6 is 0 Å². The number of hydrogen-bond acceptors (Lipinski definition) is 1. The zero-order chi connectivity index (χ0) is 15.0. The summed E-state index contributed by atoms with van der Waals surface area (Å²) in [7, 11) is 0. The van der Waals surface area contributed by atoms with Crippen LogP contribution in [0.4, 0.5) is 4.39 Å². The molecule has 0 amide bonds. The molecule has 0 radical (unpaired) electrons. The van der Waals surface area contributed by atoms with Crippen LogP contribution in [-0.2, 0) is 0 Å². The lowest BCUT2D eigenvalue weighted by atomic mass is 9.93. The number of rotatable bonds is 3. The van der Waals surface area contributed by atoms with Gasteiger partial charge in [-0.05, 0) is 35.2 Å². The Kier molecular flexibility index (Phi) is 3.34. The molecular weight excluding hydrogens is 265 g/mol. The molecule has 1 aromatic heterocycles. The second-order valence-corrected chi connectivity index (χ2v) is 5.46.